The summed E-state index contributed by atoms with van der Waals surface area (Å²) >= 11 is 6.10. The van der Waals surface area contributed by atoms with Crippen LogP contribution in [0.25, 0.3) is 0 Å². The zero-order valence-electron chi connectivity index (χ0n) is 14.4. The first-order chi connectivity index (χ1) is 10.4. The fourth-order valence-corrected chi connectivity index (χ4v) is 3.38. The second-order valence-electron chi connectivity index (χ2n) is 6.21. The molecule has 23 heavy (non-hydrogen) atoms. The third kappa shape index (κ3) is 5.11. The normalized spacial score (nSPS) is 14.4. The molecule has 0 aromatic heterocycles. The molecule has 0 aliphatic carbocycles. The average Bonchev–Trinajstić information content (AvgIpc) is 2.41. The first kappa shape index (κ1) is 19.8. The highest BCUT2D eigenvalue weighted by atomic mass is 35.5. The highest BCUT2D eigenvalue weighted by Crippen LogP contribution is 2.26. The summed E-state index contributed by atoms with van der Waals surface area (Å²) < 4.78 is 25.5. The maximum Gasteiger partial charge on any atom is 0.243 e. The predicted octanol–water partition coefficient (Wildman–Crippen LogP) is 2.96. The summed E-state index contributed by atoms with van der Waals surface area (Å²) in [7, 11) is -3.63. The van der Waals surface area contributed by atoms with Gasteiger partial charge in [0.2, 0.25) is 15.9 Å². The van der Waals surface area contributed by atoms with Gasteiger partial charge in [-0.15, -0.1) is 0 Å². The van der Waals surface area contributed by atoms with E-state index in [0.717, 1.165) is 16.1 Å². The molecule has 5 nitrogen and oxygen atoms in total. The number of nitrogens with one attached hydrogen (secondary N) is 1. The molecule has 1 aromatic carbocycles. The summed E-state index contributed by atoms with van der Waals surface area (Å²) in [6, 6.07) is 4.03. The largest absolute Gasteiger partial charge is 0.352 e. The van der Waals surface area contributed by atoms with Gasteiger partial charge in [-0.25, -0.2) is 8.42 Å². The molecule has 0 bridgehead atoms. The second-order valence-corrected chi connectivity index (χ2v) is 8.48. The number of carbonyl (C=O) groups is 1. The predicted molar refractivity (Wildman–Crippen MR) is 95.4 cm³/mol. The van der Waals surface area contributed by atoms with Crippen molar-refractivity contribution in [2.45, 2.75) is 46.7 Å². The summed E-state index contributed by atoms with van der Waals surface area (Å²) in [5.74, 6) is -0.0834. The third-order valence-electron chi connectivity index (χ3n) is 3.87. The van der Waals surface area contributed by atoms with Crippen molar-refractivity contribution in [1.29, 1.82) is 0 Å². The zero-order chi connectivity index (χ0) is 17.9. The minimum atomic E-state index is -3.63. The van der Waals surface area contributed by atoms with Gasteiger partial charge in [-0.3, -0.25) is 9.10 Å². The van der Waals surface area contributed by atoms with Crippen LogP contribution >= 0.6 is 11.6 Å². The first-order valence-electron chi connectivity index (χ1n) is 7.51. The molecule has 0 fully saturated rings. The van der Waals surface area contributed by atoms with Crippen molar-refractivity contribution in [3.05, 3.63) is 28.8 Å². The molecule has 1 rings (SSSR count). The lowest BCUT2D eigenvalue weighted by Gasteiger charge is -2.30. The van der Waals surface area contributed by atoms with Crippen LogP contribution in [0.4, 0.5) is 5.69 Å². The average molecular weight is 361 g/mol. The molecule has 0 aliphatic heterocycles. The fraction of sp³-hybridized carbons (Fsp3) is 0.562. The molecule has 1 aromatic rings. The Balaban J connectivity index is 3.17. The molecule has 130 valence electrons. The van der Waals surface area contributed by atoms with E-state index in [2.05, 4.69) is 5.32 Å². The van der Waals surface area contributed by atoms with Crippen LogP contribution in [0, 0.1) is 12.8 Å². The number of sulfonamides is 1. The fourth-order valence-electron chi connectivity index (χ4n) is 2.04. The summed E-state index contributed by atoms with van der Waals surface area (Å²) in [4.78, 5) is 12.4. The van der Waals surface area contributed by atoms with Crippen LogP contribution in [0.15, 0.2) is 18.2 Å². The second kappa shape index (κ2) is 7.53. The Labute approximate surface area is 144 Å². The Hall–Kier alpha value is -1.27. The Morgan fingerprint density at radius 3 is 2.22 bits per heavy atom. The summed E-state index contributed by atoms with van der Waals surface area (Å²) in [6.07, 6.45) is 1.08. The van der Waals surface area contributed by atoms with Crippen LogP contribution in [-0.2, 0) is 14.8 Å². The lowest BCUT2D eigenvalue weighted by atomic mass is 10.1. The molecule has 2 atom stereocenters. The SMILES string of the molecule is Cc1ccc(N([C@@H](C)C(=O)N[C@H](C)C(C)C)S(C)(=O)=O)cc1Cl. The van der Waals surface area contributed by atoms with Gasteiger partial charge in [0, 0.05) is 11.1 Å². The lowest BCUT2D eigenvalue weighted by Crippen LogP contribution is -2.50. The number of carbonyl (C=O) groups excluding carboxylic acids is 1. The molecule has 0 saturated carbocycles. The standard InChI is InChI=1S/C16H25ClN2O3S/c1-10(2)12(4)18-16(20)13(5)19(23(6,21)22)14-8-7-11(3)15(17)9-14/h7-10,12-13H,1-6H3,(H,18,20)/t12-,13+/m1/s1. The number of hydrogen-bond donors (Lipinski definition) is 1. The van der Waals surface area contributed by atoms with Gasteiger partial charge < -0.3 is 5.32 Å². The van der Waals surface area contributed by atoms with Crippen LogP contribution in [0.5, 0.6) is 0 Å². The minimum absolute atomic E-state index is 0.0482. The topological polar surface area (TPSA) is 66.5 Å². The van der Waals surface area contributed by atoms with Crippen molar-refractivity contribution in [3.63, 3.8) is 0 Å². The van der Waals surface area contributed by atoms with Crippen LogP contribution in [0.3, 0.4) is 0 Å². The van der Waals surface area contributed by atoms with E-state index >= 15 is 0 Å². The highest BCUT2D eigenvalue weighted by molar-refractivity contribution is 7.92. The van der Waals surface area contributed by atoms with E-state index in [4.69, 9.17) is 11.6 Å². The van der Waals surface area contributed by atoms with Crippen LogP contribution in [0.2, 0.25) is 5.02 Å². The number of aryl methyl sites for hydroxylation is 1. The van der Waals surface area contributed by atoms with E-state index < -0.39 is 16.1 Å². The van der Waals surface area contributed by atoms with E-state index in [9.17, 15) is 13.2 Å². The summed E-state index contributed by atoms with van der Waals surface area (Å²) in [6.45, 7) is 9.27. The van der Waals surface area contributed by atoms with E-state index in [1.807, 2.05) is 27.7 Å². The van der Waals surface area contributed by atoms with Gasteiger partial charge in [-0.05, 0) is 44.4 Å². The Bertz CT molecular complexity index is 674. The Morgan fingerprint density at radius 2 is 1.78 bits per heavy atom. The van der Waals surface area contributed by atoms with E-state index in [0.29, 0.717) is 10.7 Å². The third-order valence-corrected chi connectivity index (χ3v) is 5.52. The van der Waals surface area contributed by atoms with E-state index in [1.165, 1.54) is 0 Å². The van der Waals surface area contributed by atoms with Crippen molar-refractivity contribution in [3.8, 4) is 0 Å². The number of benzene rings is 1. The van der Waals surface area contributed by atoms with Gasteiger partial charge in [0.1, 0.15) is 6.04 Å². The van der Waals surface area contributed by atoms with Crippen LogP contribution < -0.4 is 9.62 Å². The van der Waals surface area contributed by atoms with Gasteiger partial charge in [0.15, 0.2) is 0 Å². The number of amides is 1. The van der Waals surface area contributed by atoms with Crippen molar-refractivity contribution >= 4 is 33.2 Å². The van der Waals surface area contributed by atoms with E-state index in [-0.39, 0.29) is 17.9 Å². The number of halogens is 1. The number of hydrogen-bond acceptors (Lipinski definition) is 3. The van der Waals surface area contributed by atoms with Crippen molar-refractivity contribution < 1.29 is 13.2 Å². The van der Waals surface area contributed by atoms with Gasteiger partial charge in [-0.1, -0.05) is 31.5 Å². The maximum atomic E-state index is 12.4. The zero-order valence-corrected chi connectivity index (χ0v) is 16.0. The molecular formula is C16H25ClN2O3S. The molecular weight excluding hydrogens is 336 g/mol. The van der Waals surface area contributed by atoms with Crippen molar-refractivity contribution in [2.75, 3.05) is 10.6 Å². The number of rotatable bonds is 6. The van der Waals surface area contributed by atoms with Gasteiger partial charge in [0.05, 0.1) is 11.9 Å². The molecule has 0 saturated heterocycles. The summed E-state index contributed by atoms with van der Waals surface area (Å²) in [5.41, 5.74) is 1.22. The van der Waals surface area contributed by atoms with Gasteiger partial charge in [-0.2, -0.15) is 0 Å². The van der Waals surface area contributed by atoms with E-state index in [1.54, 1.807) is 25.1 Å². The molecule has 0 spiro atoms. The lowest BCUT2D eigenvalue weighted by molar-refractivity contribution is -0.122. The van der Waals surface area contributed by atoms with Crippen molar-refractivity contribution in [1.82, 2.24) is 5.32 Å². The van der Waals surface area contributed by atoms with Crippen molar-refractivity contribution in [2.24, 2.45) is 5.92 Å². The summed E-state index contributed by atoms with van der Waals surface area (Å²) in [5, 5.41) is 3.31. The monoisotopic (exact) mass is 360 g/mol. The molecule has 0 unspecified atom stereocenters. The van der Waals surface area contributed by atoms with Crippen LogP contribution in [0.1, 0.15) is 33.3 Å². The molecule has 0 aliphatic rings. The number of nitrogens with zero attached hydrogens (tertiary/aromatic N) is 1. The quantitative estimate of drug-likeness (QED) is 0.848. The number of anilines is 1. The van der Waals surface area contributed by atoms with Crippen LogP contribution in [-0.4, -0.2) is 32.7 Å². The minimum Gasteiger partial charge on any atom is -0.352 e. The molecule has 0 radical (unpaired) electrons. The first-order valence-corrected chi connectivity index (χ1v) is 9.73. The maximum absolute atomic E-state index is 12.4. The van der Waals surface area contributed by atoms with Gasteiger partial charge >= 0.3 is 0 Å². The Kier molecular flexibility index (Phi) is 6.48. The Morgan fingerprint density at radius 1 is 1.22 bits per heavy atom. The molecule has 0 heterocycles. The molecule has 7 heteroatoms. The molecule has 1 amide bonds. The highest BCUT2D eigenvalue weighted by Gasteiger charge is 2.30. The smallest absolute Gasteiger partial charge is 0.243 e. The molecule has 1 N–H and O–H groups in total. The van der Waals surface area contributed by atoms with Gasteiger partial charge in [0.25, 0.3) is 0 Å².